The molecule has 0 aromatic heterocycles. The molecule has 4 nitrogen and oxygen atoms in total. The summed E-state index contributed by atoms with van der Waals surface area (Å²) in [6.45, 7) is 4.96. The second-order valence-corrected chi connectivity index (χ2v) is 6.48. The van der Waals surface area contributed by atoms with Crippen LogP contribution in [0.5, 0.6) is 0 Å². The Kier molecular flexibility index (Phi) is 4.47. The van der Waals surface area contributed by atoms with E-state index in [4.69, 9.17) is 0 Å². The zero-order chi connectivity index (χ0) is 13.8. The van der Waals surface area contributed by atoms with Crippen LogP contribution in [0.2, 0.25) is 0 Å². The molecule has 1 fully saturated rings. The predicted octanol–water partition coefficient (Wildman–Crippen LogP) is 1.43. The minimum atomic E-state index is 0.0473. The number of carbonyl (C=O) groups is 1. The van der Waals surface area contributed by atoms with Crippen LogP contribution in [0.25, 0.3) is 0 Å². The van der Waals surface area contributed by atoms with E-state index in [-0.39, 0.29) is 5.91 Å². The quantitative estimate of drug-likeness (QED) is 0.881. The fraction of sp³-hybridized carbons (Fsp3) is 0.533. The number of thioether (sulfide) groups is 1. The summed E-state index contributed by atoms with van der Waals surface area (Å²) in [5.41, 5.74) is 3.21. The van der Waals surface area contributed by atoms with Crippen LogP contribution >= 0.6 is 11.8 Å². The number of carbonyl (C=O) groups excluding carboxylic acids is 1. The van der Waals surface area contributed by atoms with Crippen molar-refractivity contribution in [3.8, 4) is 0 Å². The lowest BCUT2D eigenvalue weighted by atomic mass is 10.1. The first kappa shape index (κ1) is 13.8. The fourth-order valence-electron chi connectivity index (χ4n) is 2.70. The van der Waals surface area contributed by atoms with Crippen LogP contribution in [0.4, 0.5) is 5.69 Å². The Labute approximate surface area is 124 Å². The lowest BCUT2D eigenvalue weighted by Gasteiger charge is -2.26. The largest absolute Gasteiger partial charge is 0.384 e. The number of nitrogens with one attached hydrogen (secondary N) is 2. The highest BCUT2D eigenvalue weighted by Gasteiger charge is 2.14. The van der Waals surface area contributed by atoms with Gasteiger partial charge >= 0.3 is 0 Å². The van der Waals surface area contributed by atoms with Crippen LogP contribution in [0.15, 0.2) is 18.2 Å². The summed E-state index contributed by atoms with van der Waals surface area (Å²) in [5, 5.41) is 6.34. The van der Waals surface area contributed by atoms with E-state index < -0.39 is 0 Å². The van der Waals surface area contributed by atoms with Gasteiger partial charge in [0.15, 0.2) is 0 Å². The SMILES string of the molecule is O=C(NCCN1CCSCC1)c1ccc2c(c1)CCN2. The molecule has 1 amide bonds. The molecule has 0 spiro atoms. The third-order valence-electron chi connectivity index (χ3n) is 3.89. The van der Waals surface area contributed by atoms with Gasteiger partial charge < -0.3 is 10.6 Å². The summed E-state index contributed by atoms with van der Waals surface area (Å²) >= 11 is 2.01. The monoisotopic (exact) mass is 291 g/mol. The molecule has 1 aromatic carbocycles. The van der Waals surface area contributed by atoms with Crippen LogP contribution in [-0.2, 0) is 6.42 Å². The topological polar surface area (TPSA) is 44.4 Å². The Morgan fingerprint density at radius 3 is 3.05 bits per heavy atom. The molecule has 20 heavy (non-hydrogen) atoms. The normalized spacial score (nSPS) is 18.4. The second-order valence-electron chi connectivity index (χ2n) is 5.26. The molecule has 0 aliphatic carbocycles. The third kappa shape index (κ3) is 3.27. The summed E-state index contributed by atoms with van der Waals surface area (Å²) in [5.74, 6) is 2.48. The first-order chi connectivity index (χ1) is 9.83. The molecular formula is C15H21N3OS. The van der Waals surface area contributed by atoms with Crippen molar-refractivity contribution < 1.29 is 4.79 Å². The first-order valence-electron chi connectivity index (χ1n) is 7.28. The molecule has 3 rings (SSSR count). The fourth-order valence-corrected chi connectivity index (χ4v) is 3.68. The van der Waals surface area contributed by atoms with Crippen molar-refractivity contribution in [1.29, 1.82) is 0 Å². The molecular weight excluding hydrogens is 270 g/mol. The maximum atomic E-state index is 12.1. The van der Waals surface area contributed by atoms with Gasteiger partial charge in [-0.2, -0.15) is 11.8 Å². The first-order valence-corrected chi connectivity index (χ1v) is 8.43. The van der Waals surface area contributed by atoms with Crippen molar-refractivity contribution in [3.63, 3.8) is 0 Å². The Morgan fingerprint density at radius 1 is 1.35 bits per heavy atom. The van der Waals surface area contributed by atoms with E-state index in [1.165, 1.54) is 22.8 Å². The summed E-state index contributed by atoms with van der Waals surface area (Å²) in [6, 6.07) is 5.94. The van der Waals surface area contributed by atoms with Crippen LogP contribution in [-0.4, -0.2) is 55.0 Å². The number of hydrogen-bond acceptors (Lipinski definition) is 4. The van der Waals surface area contributed by atoms with E-state index in [0.717, 1.165) is 44.7 Å². The maximum absolute atomic E-state index is 12.1. The highest BCUT2D eigenvalue weighted by atomic mass is 32.2. The average molecular weight is 291 g/mol. The Morgan fingerprint density at radius 2 is 2.20 bits per heavy atom. The van der Waals surface area contributed by atoms with E-state index in [1.54, 1.807) is 0 Å². The van der Waals surface area contributed by atoms with Crippen molar-refractivity contribution in [1.82, 2.24) is 10.2 Å². The highest BCUT2D eigenvalue weighted by molar-refractivity contribution is 7.99. The molecule has 0 atom stereocenters. The van der Waals surface area contributed by atoms with Crippen molar-refractivity contribution >= 4 is 23.4 Å². The van der Waals surface area contributed by atoms with Crippen molar-refractivity contribution in [2.24, 2.45) is 0 Å². The van der Waals surface area contributed by atoms with Gasteiger partial charge in [-0.1, -0.05) is 0 Å². The molecule has 1 aromatic rings. The van der Waals surface area contributed by atoms with Crippen LogP contribution in [0.3, 0.4) is 0 Å². The summed E-state index contributed by atoms with van der Waals surface area (Å²) in [7, 11) is 0. The molecule has 0 saturated carbocycles. The van der Waals surface area contributed by atoms with Gasteiger partial charge in [0.1, 0.15) is 0 Å². The van der Waals surface area contributed by atoms with Gasteiger partial charge in [-0.05, 0) is 30.2 Å². The van der Waals surface area contributed by atoms with Crippen LogP contribution in [0, 0.1) is 0 Å². The predicted molar refractivity (Wildman–Crippen MR) is 84.7 cm³/mol. The molecule has 2 aliphatic heterocycles. The van der Waals surface area contributed by atoms with Gasteiger partial charge in [0, 0.05) is 55.5 Å². The number of benzene rings is 1. The average Bonchev–Trinajstić information content (AvgIpc) is 2.95. The summed E-state index contributed by atoms with van der Waals surface area (Å²) in [6.07, 6.45) is 1.02. The number of fused-ring (bicyclic) bond motifs is 1. The minimum Gasteiger partial charge on any atom is -0.384 e. The summed E-state index contributed by atoms with van der Waals surface area (Å²) < 4.78 is 0. The van der Waals surface area contributed by atoms with Crippen molar-refractivity contribution in [2.75, 3.05) is 49.5 Å². The number of amides is 1. The van der Waals surface area contributed by atoms with E-state index in [0.29, 0.717) is 0 Å². The lowest BCUT2D eigenvalue weighted by Crippen LogP contribution is -2.39. The van der Waals surface area contributed by atoms with Gasteiger partial charge in [-0.15, -0.1) is 0 Å². The molecule has 0 radical (unpaired) electrons. The molecule has 2 N–H and O–H groups in total. The number of anilines is 1. The number of hydrogen-bond donors (Lipinski definition) is 2. The summed E-state index contributed by atoms with van der Waals surface area (Å²) in [4.78, 5) is 14.6. The van der Waals surface area contributed by atoms with E-state index in [1.807, 2.05) is 30.0 Å². The highest BCUT2D eigenvalue weighted by Crippen LogP contribution is 2.22. The molecule has 2 heterocycles. The van der Waals surface area contributed by atoms with Crippen molar-refractivity contribution in [3.05, 3.63) is 29.3 Å². The zero-order valence-electron chi connectivity index (χ0n) is 11.7. The molecule has 0 unspecified atom stereocenters. The second kappa shape index (κ2) is 6.50. The molecule has 2 aliphatic rings. The molecule has 0 bridgehead atoms. The maximum Gasteiger partial charge on any atom is 0.251 e. The van der Waals surface area contributed by atoms with Gasteiger partial charge in [0.25, 0.3) is 5.91 Å². The number of nitrogens with zero attached hydrogens (tertiary/aromatic N) is 1. The van der Waals surface area contributed by atoms with Gasteiger partial charge in [0.2, 0.25) is 0 Å². The van der Waals surface area contributed by atoms with E-state index in [9.17, 15) is 4.79 Å². The third-order valence-corrected chi connectivity index (χ3v) is 4.84. The number of rotatable bonds is 4. The molecule has 1 saturated heterocycles. The molecule has 5 heteroatoms. The standard InChI is InChI=1S/C15H21N3OS/c19-15(17-5-6-18-7-9-20-10-8-18)13-1-2-14-12(11-13)3-4-16-14/h1-2,11,16H,3-10H2,(H,17,19). The van der Waals surface area contributed by atoms with Crippen molar-refractivity contribution in [2.45, 2.75) is 6.42 Å². The van der Waals surface area contributed by atoms with Crippen LogP contribution in [0.1, 0.15) is 15.9 Å². The molecule has 108 valence electrons. The van der Waals surface area contributed by atoms with Gasteiger partial charge in [-0.25, -0.2) is 0 Å². The van der Waals surface area contributed by atoms with Crippen LogP contribution < -0.4 is 10.6 Å². The Bertz CT molecular complexity index is 486. The van der Waals surface area contributed by atoms with Gasteiger partial charge in [0.05, 0.1) is 0 Å². The van der Waals surface area contributed by atoms with E-state index >= 15 is 0 Å². The zero-order valence-corrected chi connectivity index (χ0v) is 12.5. The lowest BCUT2D eigenvalue weighted by molar-refractivity contribution is 0.0949. The smallest absolute Gasteiger partial charge is 0.251 e. The minimum absolute atomic E-state index is 0.0473. The van der Waals surface area contributed by atoms with Gasteiger partial charge in [-0.3, -0.25) is 9.69 Å². The van der Waals surface area contributed by atoms with E-state index in [2.05, 4.69) is 15.5 Å². The Balaban J connectivity index is 1.49. The Hall–Kier alpha value is -1.20.